The van der Waals surface area contributed by atoms with Crippen molar-refractivity contribution in [3.8, 4) is 17.2 Å². The van der Waals surface area contributed by atoms with Crippen molar-refractivity contribution >= 4 is 58.1 Å². The van der Waals surface area contributed by atoms with E-state index in [1.807, 2.05) is 25.1 Å². The zero-order valence-corrected chi connectivity index (χ0v) is 40.0. The molecule has 5 rings (SSSR count). The highest BCUT2D eigenvalue weighted by molar-refractivity contribution is 7.90. The number of hydrogen-bond donors (Lipinski definition) is 3. The van der Waals surface area contributed by atoms with E-state index in [4.69, 9.17) is 41.5 Å². The Morgan fingerprint density at radius 1 is 0.985 bits per heavy atom. The lowest BCUT2D eigenvalue weighted by Gasteiger charge is -2.18. The number of aliphatic carboxylic acids is 1. The normalized spacial score (nSPS) is 14.8. The van der Waals surface area contributed by atoms with E-state index in [0.717, 1.165) is 31.4 Å². The van der Waals surface area contributed by atoms with Crippen LogP contribution in [-0.4, -0.2) is 95.2 Å². The summed E-state index contributed by atoms with van der Waals surface area (Å²) in [4.78, 5) is 91.2. The van der Waals surface area contributed by atoms with Crippen molar-refractivity contribution in [2.24, 2.45) is 18.7 Å². The molecule has 1 aliphatic carbocycles. The van der Waals surface area contributed by atoms with Gasteiger partial charge in [-0.25, -0.2) is 22.6 Å². The van der Waals surface area contributed by atoms with Gasteiger partial charge in [0.1, 0.15) is 35.8 Å². The van der Waals surface area contributed by atoms with Gasteiger partial charge in [-0.2, -0.15) is 13.2 Å². The number of hydrogen-bond acceptors (Lipinski definition) is 14. The Bertz CT molecular complexity index is 2790. The molecule has 3 unspecified atom stereocenters. The first-order chi connectivity index (χ1) is 31.5. The molecule has 4 N–H and O–H groups in total. The van der Waals surface area contributed by atoms with Gasteiger partial charge in [-0.3, -0.25) is 33.1 Å². The number of carbonyl (C=O) groups is 5. The number of ketones is 3. The summed E-state index contributed by atoms with van der Waals surface area (Å²) in [5, 5.41) is 8.21. The van der Waals surface area contributed by atoms with E-state index in [1.54, 1.807) is 6.92 Å². The van der Waals surface area contributed by atoms with E-state index >= 15 is 0 Å². The van der Waals surface area contributed by atoms with Crippen LogP contribution in [0.3, 0.4) is 0 Å². The van der Waals surface area contributed by atoms with E-state index in [0.29, 0.717) is 38.7 Å². The number of ether oxygens (including phenoxy) is 3. The number of aromatic nitrogens is 2. The van der Waals surface area contributed by atoms with Crippen molar-refractivity contribution in [2.45, 2.75) is 75.8 Å². The molecule has 370 valence electrons. The molecule has 24 heteroatoms. The largest absolute Gasteiger partial charge is 0.489 e. The van der Waals surface area contributed by atoms with Crippen molar-refractivity contribution in [3.05, 3.63) is 115 Å². The summed E-state index contributed by atoms with van der Waals surface area (Å²) in [6, 6.07) is 14.3. The minimum Gasteiger partial charge on any atom is -0.489 e. The predicted molar refractivity (Wildman–Crippen MR) is 242 cm³/mol. The molecule has 0 amide bonds. The maximum Gasteiger partial charge on any atom is 0.431 e. The number of carboxylic acid groups (broad SMARTS) is 1. The first-order valence-electron chi connectivity index (χ1n) is 20.4. The zero-order chi connectivity index (χ0) is 51.5. The Labute approximate surface area is 393 Å². The third-order valence-electron chi connectivity index (χ3n) is 10.0. The fourth-order valence-corrected chi connectivity index (χ4v) is 7.96. The zero-order valence-electron chi connectivity index (χ0n) is 37.6. The Kier molecular flexibility index (Phi) is 19.8. The summed E-state index contributed by atoms with van der Waals surface area (Å²) in [6.07, 6.45) is -3.03. The van der Waals surface area contributed by atoms with Crippen molar-refractivity contribution in [3.63, 3.8) is 0 Å². The van der Waals surface area contributed by atoms with E-state index in [2.05, 4.69) is 0 Å². The highest BCUT2D eigenvalue weighted by Crippen LogP contribution is 2.36. The van der Waals surface area contributed by atoms with Crippen molar-refractivity contribution in [1.82, 2.24) is 9.13 Å². The molecule has 3 atom stereocenters. The number of esters is 1. The highest BCUT2D eigenvalue weighted by Gasteiger charge is 2.38. The van der Waals surface area contributed by atoms with Gasteiger partial charge in [0.2, 0.25) is 0 Å². The molecule has 1 aliphatic rings. The number of carboxylic acids is 1. The average Bonchev–Trinajstić information content (AvgIpc) is 3.25. The monoisotopic (exact) mass is 1020 g/mol. The minimum absolute atomic E-state index is 0.00216. The maximum absolute atomic E-state index is 13.1. The number of alkyl halides is 3. The molecule has 0 saturated heterocycles. The van der Waals surface area contributed by atoms with Crippen LogP contribution in [0.25, 0.3) is 5.69 Å². The van der Waals surface area contributed by atoms with Crippen LogP contribution in [0.2, 0.25) is 5.02 Å². The number of nitrogens with zero attached hydrogens (tertiary/aromatic N) is 2. The second kappa shape index (κ2) is 23.9. The first kappa shape index (κ1) is 56.4. The van der Waals surface area contributed by atoms with Gasteiger partial charge in [0, 0.05) is 56.2 Å². The lowest BCUT2D eigenvalue weighted by molar-refractivity contribution is -0.148. The van der Waals surface area contributed by atoms with Gasteiger partial charge in [0.25, 0.3) is 5.56 Å². The lowest BCUT2D eigenvalue weighted by atomic mass is 9.82. The molecule has 1 heterocycles. The molecule has 1 saturated carbocycles. The molecular weight excluding hydrogens is 966 g/mol. The number of aryl methyl sites for hydroxylation is 1. The third kappa shape index (κ3) is 15.8. The first-order valence-corrected chi connectivity index (χ1v) is 24.9. The Morgan fingerprint density at radius 3 is 2.09 bits per heavy atom. The second-order valence-corrected chi connectivity index (χ2v) is 20.4. The quantitative estimate of drug-likeness (QED) is 0.0598. The number of methoxy groups -OCH3 is 1. The van der Waals surface area contributed by atoms with Crippen LogP contribution in [0.4, 0.5) is 13.2 Å². The summed E-state index contributed by atoms with van der Waals surface area (Å²) in [5.74, 6) is -3.60. The smallest absolute Gasteiger partial charge is 0.431 e. The molecule has 3 aromatic carbocycles. The summed E-state index contributed by atoms with van der Waals surface area (Å²) < 4.78 is 90.0. The Morgan fingerprint density at radius 2 is 1.59 bits per heavy atom. The molecule has 0 bridgehead atoms. The Hall–Kier alpha value is -5.93. The van der Waals surface area contributed by atoms with Crippen LogP contribution in [0.1, 0.15) is 66.7 Å². The minimum atomic E-state index is -4.84. The summed E-state index contributed by atoms with van der Waals surface area (Å²) in [6.45, 7) is 4.81. The van der Waals surface area contributed by atoms with Gasteiger partial charge < -0.3 is 29.9 Å². The number of Topliss-reactive ketones (excluding diaryl/α,β-unsaturated/α-hetero) is 3. The van der Waals surface area contributed by atoms with E-state index in [-0.39, 0.29) is 53.2 Å². The Balaban J connectivity index is 0.000000320. The predicted octanol–water partition coefficient (Wildman–Crippen LogP) is 5.19. The third-order valence-corrected chi connectivity index (χ3v) is 12.5. The summed E-state index contributed by atoms with van der Waals surface area (Å²) >= 11 is 5.94. The van der Waals surface area contributed by atoms with Crippen LogP contribution < -0.4 is 26.5 Å². The molecule has 0 radical (unpaired) electrons. The number of halogens is 4. The number of carbonyl (C=O) groups excluding carboxylic acids is 4. The summed E-state index contributed by atoms with van der Waals surface area (Å²) in [5.41, 5.74) is 3.29. The van der Waals surface area contributed by atoms with E-state index in [1.165, 1.54) is 50.2 Å². The molecule has 1 aromatic heterocycles. The van der Waals surface area contributed by atoms with Crippen LogP contribution in [-0.2, 0) is 64.6 Å². The molecule has 68 heavy (non-hydrogen) atoms. The number of rotatable bonds is 15. The van der Waals surface area contributed by atoms with Gasteiger partial charge in [0.05, 0.1) is 22.7 Å². The van der Waals surface area contributed by atoms with E-state index < -0.39 is 87.7 Å². The average molecular weight is 1020 g/mol. The van der Waals surface area contributed by atoms with Crippen molar-refractivity contribution < 1.29 is 74.3 Å². The molecule has 1 fully saturated rings. The number of sulfone groups is 1. The topological polar surface area (TPSA) is 275 Å². The van der Waals surface area contributed by atoms with Gasteiger partial charge in [-0.1, -0.05) is 30.7 Å². The van der Waals surface area contributed by atoms with Gasteiger partial charge in [0.15, 0.2) is 40.7 Å². The van der Waals surface area contributed by atoms with E-state index in [9.17, 15) is 59.7 Å². The van der Waals surface area contributed by atoms with Gasteiger partial charge in [-0.05, 0) is 80.3 Å². The molecule has 18 nitrogen and oxygen atoms in total. The number of benzene rings is 3. The van der Waals surface area contributed by atoms with Crippen LogP contribution in [0.15, 0.2) is 81.2 Å². The van der Waals surface area contributed by atoms with Crippen molar-refractivity contribution in [2.75, 3.05) is 26.2 Å². The van der Waals surface area contributed by atoms with Gasteiger partial charge in [-0.15, -0.1) is 0 Å². The van der Waals surface area contributed by atoms with Crippen LogP contribution in [0, 0.1) is 5.92 Å². The fraction of sp³-hybridized carbons (Fsp3) is 0.386. The second-order valence-electron chi connectivity index (χ2n) is 15.4. The molecule has 4 aromatic rings. The molecule has 0 aliphatic heterocycles. The van der Waals surface area contributed by atoms with Crippen LogP contribution >= 0.6 is 19.0 Å². The lowest BCUT2D eigenvalue weighted by Crippen LogP contribution is -2.40. The highest BCUT2D eigenvalue weighted by atomic mass is 35.5. The van der Waals surface area contributed by atoms with Crippen molar-refractivity contribution in [1.29, 1.82) is 0 Å². The summed E-state index contributed by atoms with van der Waals surface area (Å²) in [7, 11) is -4.33. The molecular formula is C44H50ClF3N3O15PS. The van der Waals surface area contributed by atoms with Crippen LogP contribution in [0.5, 0.6) is 11.5 Å². The molecule has 0 spiro atoms. The van der Waals surface area contributed by atoms with Gasteiger partial charge >= 0.3 is 23.8 Å². The maximum atomic E-state index is 13.1. The standard InChI is InChI=1S/C25H25F3N2O6.C14H13ClO5S.C5H12NO4P/c1-5-16-6-7-17(20(12-16)36-15(2)23(32)34-4)14-35-19-10-8-18(9-11-19)30-22(31)13-21(25(26,27)28)29(3)24(30)33;1-21(19,20)8-5-6-9(10(15)7-8)14(18)13-11(16)3-2-4-12(13)17;1-11(9,10)3-2-4(6)5(7)8/h6-13,15H,5,14H2,1-4H3;5-7,13H,2-4H2,1H3;4H,2-3,6H2,1H3,(H,7,8)(H,9,10). The SMILES string of the molecule is CCc1ccc(COc2ccc(-n3c(=O)cc(C(F)(F)F)n(C)c3=O)cc2)c(OC(C)C(=O)OC)c1.CP(=O)(O)CCC(N)C(=O)O.CS(=O)(=O)c1ccc(C(=O)C2C(=O)CCCC2=O)c(Cl)c1. The fourth-order valence-electron chi connectivity index (χ4n) is 6.22. The number of nitrogens with two attached hydrogens (primary N) is 1.